The van der Waals surface area contributed by atoms with Crippen molar-refractivity contribution in [2.24, 2.45) is 0 Å². The number of carbonyl (C=O) groups excluding carboxylic acids is 1. The Morgan fingerprint density at radius 1 is 1.02 bits per heavy atom. The van der Waals surface area contributed by atoms with Crippen LogP contribution in [0, 0.1) is 0 Å². The van der Waals surface area contributed by atoms with Crippen molar-refractivity contribution < 1.29 is 28.8 Å². The summed E-state index contributed by atoms with van der Waals surface area (Å²) in [5.41, 5.74) is 1.73. The van der Waals surface area contributed by atoms with Gasteiger partial charge in [0.2, 0.25) is 0 Å². The van der Waals surface area contributed by atoms with Crippen molar-refractivity contribution in [2.75, 3.05) is 40.0 Å². The van der Waals surface area contributed by atoms with Crippen molar-refractivity contribution in [1.29, 1.82) is 0 Å². The molecule has 1 saturated heterocycles. The average Bonchev–Trinajstić information content (AvgIpc) is 2.98. The van der Waals surface area contributed by atoms with E-state index in [1.54, 1.807) is 29.9 Å². The summed E-state index contributed by atoms with van der Waals surface area (Å²) in [6, 6.07) is 12.8. The average molecular weight is 580 g/mol. The van der Waals surface area contributed by atoms with E-state index in [1.165, 1.54) is 0 Å². The summed E-state index contributed by atoms with van der Waals surface area (Å²) in [5, 5.41) is 10.7. The molecular formula is C32H41N3O7. The van der Waals surface area contributed by atoms with Crippen LogP contribution >= 0.6 is 0 Å². The van der Waals surface area contributed by atoms with E-state index in [4.69, 9.17) is 18.9 Å². The monoisotopic (exact) mass is 579 g/mol. The van der Waals surface area contributed by atoms with Gasteiger partial charge in [-0.1, -0.05) is 6.07 Å². The van der Waals surface area contributed by atoms with Crippen molar-refractivity contribution in [3.05, 3.63) is 63.9 Å². The summed E-state index contributed by atoms with van der Waals surface area (Å²) in [4.78, 5) is 30.4. The van der Waals surface area contributed by atoms with Crippen LogP contribution < -0.4 is 19.8 Å². The number of hydrogen-bond acceptors (Lipinski definition) is 8. The first-order chi connectivity index (χ1) is 20.1. The van der Waals surface area contributed by atoms with Crippen LogP contribution in [0.3, 0.4) is 0 Å². The van der Waals surface area contributed by atoms with Gasteiger partial charge in [-0.15, -0.1) is 0 Å². The number of hydrogen-bond donors (Lipinski definition) is 1. The highest BCUT2D eigenvalue weighted by molar-refractivity contribution is 5.84. The number of amides is 1. The molecule has 226 valence electrons. The van der Waals surface area contributed by atoms with E-state index in [9.17, 15) is 14.7 Å². The van der Waals surface area contributed by atoms with E-state index < -0.39 is 5.60 Å². The third-order valence-electron chi connectivity index (χ3n) is 7.80. The first-order valence-corrected chi connectivity index (χ1v) is 14.6. The number of piperidine rings is 1. The minimum Gasteiger partial charge on any atom is -0.497 e. The zero-order valence-electron chi connectivity index (χ0n) is 24.9. The Bertz CT molecular complexity index is 1470. The Morgan fingerprint density at radius 2 is 1.76 bits per heavy atom. The minimum atomic E-state index is -0.604. The molecule has 1 aromatic heterocycles. The van der Waals surface area contributed by atoms with Gasteiger partial charge in [0.25, 0.3) is 5.56 Å². The summed E-state index contributed by atoms with van der Waals surface area (Å²) < 4.78 is 24.4. The van der Waals surface area contributed by atoms with E-state index in [-0.39, 0.29) is 24.3 Å². The molecule has 2 aromatic carbocycles. The summed E-state index contributed by atoms with van der Waals surface area (Å²) in [5.74, 6) is 2.02. The van der Waals surface area contributed by atoms with Crippen LogP contribution in [-0.4, -0.2) is 77.2 Å². The Morgan fingerprint density at radius 3 is 2.45 bits per heavy atom. The quantitative estimate of drug-likeness (QED) is 0.424. The van der Waals surface area contributed by atoms with Gasteiger partial charge in [-0.05, 0) is 69.0 Å². The largest absolute Gasteiger partial charge is 0.497 e. The standard InChI is InChI=1S/C32H41N3O7/c1-32(2,3)42-31(38)35(20-22-5-7-28-29(17-22)41-16-15-40-28)24-9-11-33(12-10-24)13-14-34-27-19-25(39-4)18-23(21-36)26(27)6-8-30(34)37/h5-8,17-19,24,36H,9-16,20-21H2,1-4H3. The fourth-order valence-corrected chi connectivity index (χ4v) is 5.67. The van der Waals surface area contributed by atoms with Crippen molar-refractivity contribution in [1.82, 2.24) is 14.4 Å². The summed E-state index contributed by atoms with van der Waals surface area (Å²) in [6.07, 6.45) is 1.25. The Kier molecular flexibility index (Phi) is 8.93. The number of aliphatic hydroxyl groups excluding tert-OH is 1. The van der Waals surface area contributed by atoms with E-state index in [2.05, 4.69) is 4.90 Å². The Hall–Kier alpha value is -3.76. The summed E-state index contributed by atoms with van der Waals surface area (Å²) in [6.45, 7) is 9.71. The number of aliphatic hydroxyl groups is 1. The second kappa shape index (κ2) is 12.6. The number of ether oxygens (including phenoxy) is 4. The Labute approximate surface area is 246 Å². The predicted octanol–water partition coefficient (Wildman–Crippen LogP) is 4.18. The van der Waals surface area contributed by atoms with Crippen LogP contribution in [0.1, 0.15) is 44.7 Å². The first kappa shape index (κ1) is 29.7. The van der Waals surface area contributed by atoms with Crippen LogP contribution in [0.5, 0.6) is 17.2 Å². The molecule has 1 N–H and O–H groups in total. The summed E-state index contributed by atoms with van der Waals surface area (Å²) in [7, 11) is 1.58. The number of benzene rings is 2. The van der Waals surface area contributed by atoms with E-state index in [1.807, 2.05) is 49.9 Å². The molecule has 5 rings (SSSR count). The maximum Gasteiger partial charge on any atom is 0.410 e. The van der Waals surface area contributed by atoms with Gasteiger partial charge in [0.1, 0.15) is 24.6 Å². The number of methoxy groups -OCH3 is 1. The highest BCUT2D eigenvalue weighted by Crippen LogP contribution is 2.32. The van der Waals surface area contributed by atoms with Crippen molar-refractivity contribution in [2.45, 2.75) is 65.0 Å². The number of rotatable bonds is 8. The van der Waals surface area contributed by atoms with Crippen LogP contribution in [0.4, 0.5) is 4.79 Å². The minimum absolute atomic E-state index is 0.0148. The lowest BCUT2D eigenvalue weighted by atomic mass is 10.0. The molecule has 0 atom stereocenters. The highest BCUT2D eigenvalue weighted by Gasteiger charge is 2.31. The molecule has 2 aliphatic rings. The molecule has 3 aromatic rings. The molecule has 10 heteroatoms. The van der Waals surface area contributed by atoms with Crippen molar-refractivity contribution in [3.63, 3.8) is 0 Å². The van der Waals surface area contributed by atoms with Gasteiger partial charge in [0, 0.05) is 56.3 Å². The molecule has 0 bridgehead atoms. The number of nitrogens with zero attached hydrogens (tertiary/aromatic N) is 3. The van der Waals surface area contributed by atoms with Gasteiger partial charge in [-0.2, -0.15) is 0 Å². The fraction of sp³-hybridized carbons (Fsp3) is 0.500. The predicted molar refractivity (Wildman–Crippen MR) is 159 cm³/mol. The Balaban J connectivity index is 1.27. The molecule has 42 heavy (non-hydrogen) atoms. The molecule has 10 nitrogen and oxygen atoms in total. The van der Waals surface area contributed by atoms with Gasteiger partial charge >= 0.3 is 6.09 Å². The number of carbonyl (C=O) groups is 1. The van der Waals surface area contributed by atoms with Gasteiger partial charge < -0.3 is 38.4 Å². The maximum atomic E-state index is 13.4. The van der Waals surface area contributed by atoms with Crippen molar-refractivity contribution in [3.8, 4) is 17.2 Å². The molecule has 3 heterocycles. The third-order valence-corrected chi connectivity index (χ3v) is 7.80. The lowest BCUT2D eigenvalue weighted by Gasteiger charge is -2.39. The molecule has 0 saturated carbocycles. The number of aromatic nitrogens is 1. The number of likely N-dealkylation sites (tertiary alicyclic amines) is 1. The fourth-order valence-electron chi connectivity index (χ4n) is 5.67. The van der Waals surface area contributed by atoms with Gasteiger partial charge in [0.05, 0.1) is 19.2 Å². The molecule has 0 aliphatic carbocycles. The molecule has 0 radical (unpaired) electrons. The lowest BCUT2D eigenvalue weighted by molar-refractivity contribution is 0.00562. The second-order valence-corrected chi connectivity index (χ2v) is 11.9. The highest BCUT2D eigenvalue weighted by atomic mass is 16.6. The summed E-state index contributed by atoms with van der Waals surface area (Å²) >= 11 is 0. The van der Waals surface area contributed by atoms with Gasteiger partial charge in [0.15, 0.2) is 11.5 Å². The maximum absolute atomic E-state index is 13.4. The molecule has 2 aliphatic heterocycles. The lowest BCUT2D eigenvalue weighted by Crippen LogP contribution is -2.49. The van der Waals surface area contributed by atoms with E-state index >= 15 is 0 Å². The molecule has 0 unspecified atom stereocenters. The molecule has 0 spiro atoms. The van der Waals surface area contributed by atoms with Crippen molar-refractivity contribution >= 4 is 17.0 Å². The topological polar surface area (TPSA) is 103 Å². The first-order valence-electron chi connectivity index (χ1n) is 14.6. The zero-order chi connectivity index (χ0) is 29.9. The van der Waals surface area contributed by atoms with Crippen LogP contribution in [-0.2, 0) is 24.4 Å². The molecular weight excluding hydrogens is 538 g/mol. The molecule has 1 fully saturated rings. The third kappa shape index (κ3) is 6.82. The van der Waals surface area contributed by atoms with Crippen LogP contribution in [0.15, 0.2) is 47.3 Å². The SMILES string of the molecule is COc1cc(CO)c2ccc(=O)n(CCN3CCC(N(Cc4ccc5c(c4)OCCO5)C(=O)OC(C)(C)C)CC3)c2c1. The smallest absolute Gasteiger partial charge is 0.410 e. The van der Waals surface area contributed by atoms with E-state index in [0.29, 0.717) is 44.3 Å². The molecule has 1 amide bonds. The van der Waals surface area contributed by atoms with E-state index in [0.717, 1.165) is 53.7 Å². The number of pyridine rings is 1. The second-order valence-electron chi connectivity index (χ2n) is 11.9. The number of fused-ring (bicyclic) bond motifs is 2. The normalized spacial score (nSPS) is 15.9. The zero-order valence-corrected chi connectivity index (χ0v) is 24.9. The van der Waals surface area contributed by atoms with Crippen LogP contribution in [0.2, 0.25) is 0 Å². The van der Waals surface area contributed by atoms with Gasteiger partial charge in [-0.25, -0.2) is 4.79 Å². The van der Waals surface area contributed by atoms with Crippen LogP contribution in [0.25, 0.3) is 10.9 Å². The van der Waals surface area contributed by atoms with Gasteiger partial charge in [-0.3, -0.25) is 4.79 Å².